The molecule has 94 valence electrons. The van der Waals surface area contributed by atoms with Crippen molar-refractivity contribution in [3.05, 3.63) is 0 Å². The topological polar surface area (TPSA) is 46.3 Å². The summed E-state index contributed by atoms with van der Waals surface area (Å²) < 4.78 is 0. The minimum absolute atomic E-state index is 0.215. The van der Waals surface area contributed by atoms with Crippen LogP contribution in [0.1, 0.15) is 46.5 Å². The van der Waals surface area contributed by atoms with Crippen LogP contribution in [0, 0.1) is 11.8 Å². The second-order valence-electron chi connectivity index (χ2n) is 4.92. The summed E-state index contributed by atoms with van der Waals surface area (Å²) in [5.41, 5.74) is 6.06. The Morgan fingerprint density at radius 1 is 1.38 bits per heavy atom. The number of piperidine rings is 1. The summed E-state index contributed by atoms with van der Waals surface area (Å²) in [7, 11) is 0. The molecule has 1 aliphatic rings. The first-order valence-electron chi connectivity index (χ1n) is 6.68. The standard InChI is InChI=1S/C13H26N2O/c1-4-10(5-2)13(16)15-8-7-12(14)11(6-3)9-15/h10-12H,4-9,14H2,1-3H3. The van der Waals surface area contributed by atoms with Crippen LogP contribution in [0.5, 0.6) is 0 Å². The largest absolute Gasteiger partial charge is 0.342 e. The van der Waals surface area contributed by atoms with Crippen LogP contribution < -0.4 is 5.73 Å². The molecule has 0 aromatic heterocycles. The summed E-state index contributed by atoms with van der Waals surface area (Å²) >= 11 is 0. The van der Waals surface area contributed by atoms with Crippen molar-refractivity contribution in [2.45, 2.75) is 52.5 Å². The van der Waals surface area contributed by atoms with E-state index in [-0.39, 0.29) is 12.0 Å². The molecule has 0 spiro atoms. The highest BCUT2D eigenvalue weighted by Crippen LogP contribution is 2.21. The van der Waals surface area contributed by atoms with E-state index in [0.29, 0.717) is 11.8 Å². The number of hydrogen-bond acceptors (Lipinski definition) is 2. The van der Waals surface area contributed by atoms with E-state index < -0.39 is 0 Å². The second-order valence-corrected chi connectivity index (χ2v) is 4.92. The van der Waals surface area contributed by atoms with Gasteiger partial charge in [0.2, 0.25) is 5.91 Å². The van der Waals surface area contributed by atoms with Crippen molar-refractivity contribution in [2.24, 2.45) is 17.6 Å². The van der Waals surface area contributed by atoms with Gasteiger partial charge in [-0.2, -0.15) is 0 Å². The number of amides is 1. The highest BCUT2D eigenvalue weighted by molar-refractivity contribution is 5.78. The van der Waals surface area contributed by atoms with E-state index >= 15 is 0 Å². The van der Waals surface area contributed by atoms with E-state index in [1.165, 1.54) is 0 Å². The number of nitrogens with two attached hydrogens (primary N) is 1. The van der Waals surface area contributed by atoms with Crippen molar-refractivity contribution >= 4 is 5.91 Å². The summed E-state index contributed by atoms with van der Waals surface area (Å²) in [6.45, 7) is 8.08. The molecule has 0 aliphatic carbocycles. The molecule has 16 heavy (non-hydrogen) atoms. The molecule has 0 aromatic carbocycles. The number of carbonyl (C=O) groups is 1. The average molecular weight is 226 g/mol. The van der Waals surface area contributed by atoms with E-state index in [1.807, 2.05) is 4.90 Å². The van der Waals surface area contributed by atoms with Crippen LogP contribution in [0.25, 0.3) is 0 Å². The van der Waals surface area contributed by atoms with Gasteiger partial charge in [-0.15, -0.1) is 0 Å². The van der Waals surface area contributed by atoms with Gasteiger partial charge in [-0.05, 0) is 25.2 Å². The lowest BCUT2D eigenvalue weighted by Crippen LogP contribution is -2.50. The zero-order valence-corrected chi connectivity index (χ0v) is 10.9. The third-order valence-corrected chi connectivity index (χ3v) is 3.96. The first kappa shape index (κ1) is 13.5. The lowest BCUT2D eigenvalue weighted by Gasteiger charge is -2.38. The van der Waals surface area contributed by atoms with Gasteiger partial charge in [0.1, 0.15) is 0 Å². The molecular weight excluding hydrogens is 200 g/mol. The second kappa shape index (κ2) is 6.24. The van der Waals surface area contributed by atoms with Crippen LogP contribution in [-0.2, 0) is 4.79 Å². The summed E-state index contributed by atoms with van der Waals surface area (Å²) in [5.74, 6) is 1.05. The molecule has 0 saturated carbocycles. The zero-order valence-electron chi connectivity index (χ0n) is 10.9. The van der Waals surface area contributed by atoms with Gasteiger partial charge < -0.3 is 10.6 Å². The molecular formula is C13H26N2O. The molecule has 1 aliphatic heterocycles. The molecule has 2 atom stereocenters. The predicted octanol–water partition coefficient (Wildman–Crippen LogP) is 2.01. The van der Waals surface area contributed by atoms with Crippen molar-refractivity contribution in [1.29, 1.82) is 0 Å². The Balaban J connectivity index is 2.57. The van der Waals surface area contributed by atoms with Gasteiger partial charge in [0.25, 0.3) is 0 Å². The molecule has 1 fully saturated rings. The van der Waals surface area contributed by atoms with Gasteiger partial charge in [0, 0.05) is 25.0 Å². The van der Waals surface area contributed by atoms with Crippen LogP contribution in [-0.4, -0.2) is 29.9 Å². The molecule has 0 bridgehead atoms. The third kappa shape index (κ3) is 2.97. The molecule has 1 heterocycles. The fraction of sp³-hybridized carbons (Fsp3) is 0.923. The highest BCUT2D eigenvalue weighted by Gasteiger charge is 2.30. The minimum atomic E-state index is 0.215. The van der Waals surface area contributed by atoms with E-state index in [9.17, 15) is 4.79 Å². The number of hydrogen-bond donors (Lipinski definition) is 1. The summed E-state index contributed by atoms with van der Waals surface area (Å²) in [5, 5.41) is 0. The fourth-order valence-corrected chi connectivity index (χ4v) is 2.58. The quantitative estimate of drug-likeness (QED) is 0.797. The number of carbonyl (C=O) groups excluding carboxylic acids is 1. The minimum Gasteiger partial charge on any atom is -0.342 e. The molecule has 2 N–H and O–H groups in total. The normalized spacial score (nSPS) is 26.2. The number of rotatable bonds is 4. The van der Waals surface area contributed by atoms with Crippen molar-refractivity contribution in [1.82, 2.24) is 4.90 Å². The van der Waals surface area contributed by atoms with Gasteiger partial charge in [0.15, 0.2) is 0 Å². The van der Waals surface area contributed by atoms with Crippen LogP contribution >= 0.6 is 0 Å². The van der Waals surface area contributed by atoms with Crippen LogP contribution in [0.4, 0.5) is 0 Å². The Bertz CT molecular complexity index is 226. The molecule has 1 rings (SSSR count). The van der Waals surface area contributed by atoms with Crippen LogP contribution in [0.3, 0.4) is 0 Å². The van der Waals surface area contributed by atoms with Crippen molar-refractivity contribution in [3.8, 4) is 0 Å². The molecule has 1 amide bonds. The molecule has 3 nitrogen and oxygen atoms in total. The Morgan fingerprint density at radius 2 is 2.00 bits per heavy atom. The summed E-state index contributed by atoms with van der Waals surface area (Å²) in [6, 6.07) is 0.288. The van der Waals surface area contributed by atoms with Crippen LogP contribution in [0.2, 0.25) is 0 Å². The molecule has 0 aromatic rings. The molecule has 1 saturated heterocycles. The maximum atomic E-state index is 12.2. The number of likely N-dealkylation sites (tertiary alicyclic amines) is 1. The van der Waals surface area contributed by atoms with Crippen molar-refractivity contribution in [2.75, 3.05) is 13.1 Å². The Hall–Kier alpha value is -0.570. The van der Waals surface area contributed by atoms with Gasteiger partial charge in [-0.25, -0.2) is 0 Å². The number of nitrogens with zero attached hydrogens (tertiary/aromatic N) is 1. The lowest BCUT2D eigenvalue weighted by molar-refractivity contribution is -0.137. The maximum absolute atomic E-state index is 12.2. The molecule has 2 unspecified atom stereocenters. The lowest BCUT2D eigenvalue weighted by atomic mass is 9.89. The summed E-state index contributed by atoms with van der Waals surface area (Å²) in [4.78, 5) is 14.3. The van der Waals surface area contributed by atoms with Gasteiger partial charge in [0.05, 0.1) is 0 Å². The Labute approximate surface area is 99.4 Å². The van der Waals surface area contributed by atoms with Gasteiger partial charge >= 0.3 is 0 Å². The Morgan fingerprint density at radius 3 is 2.50 bits per heavy atom. The van der Waals surface area contributed by atoms with E-state index in [0.717, 1.165) is 38.8 Å². The molecule has 0 radical (unpaired) electrons. The van der Waals surface area contributed by atoms with E-state index in [1.54, 1.807) is 0 Å². The van der Waals surface area contributed by atoms with Crippen LogP contribution in [0.15, 0.2) is 0 Å². The van der Waals surface area contributed by atoms with Gasteiger partial charge in [-0.1, -0.05) is 27.2 Å². The highest BCUT2D eigenvalue weighted by atomic mass is 16.2. The van der Waals surface area contributed by atoms with E-state index in [2.05, 4.69) is 20.8 Å². The predicted molar refractivity (Wildman–Crippen MR) is 67.0 cm³/mol. The smallest absolute Gasteiger partial charge is 0.225 e. The monoisotopic (exact) mass is 226 g/mol. The fourth-order valence-electron chi connectivity index (χ4n) is 2.58. The summed E-state index contributed by atoms with van der Waals surface area (Å²) in [6.07, 6.45) is 3.95. The average Bonchev–Trinajstić information content (AvgIpc) is 2.31. The first-order valence-corrected chi connectivity index (χ1v) is 6.68. The van der Waals surface area contributed by atoms with E-state index in [4.69, 9.17) is 5.73 Å². The maximum Gasteiger partial charge on any atom is 0.225 e. The SMILES string of the molecule is CCC(CC)C(=O)N1CCC(N)C(CC)C1. The Kier molecular flexibility index (Phi) is 5.26. The van der Waals surface area contributed by atoms with Gasteiger partial charge in [-0.3, -0.25) is 4.79 Å². The third-order valence-electron chi connectivity index (χ3n) is 3.96. The zero-order chi connectivity index (χ0) is 12.1. The first-order chi connectivity index (χ1) is 7.63. The molecule has 3 heteroatoms. The van der Waals surface area contributed by atoms with Crippen molar-refractivity contribution < 1.29 is 4.79 Å². The van der Waals surface area contributed by atoms with Crippen molar-refractivity contribution in [3.63, 3.8) is 0 Å².